The summed E-state index contributed by atoms with van der Waals surface area (Å²) in [7, 11) is 0. The number of benzene rings is 1. The molecule has 8 nitrogen and oxygen atoms in total. The van der Waals surface area contributed by atoms with Gasteiger partial charge in [0.05, 0.1) is 12.6 Å². The number of carbonyl (C=O) groups is 2. The molecule has 1 unspecified atom stereocenters. The van der Waals surface area contributed by atoms with Gasteiger partial charge < -0.3 is 15.2 Å². The monoisotopic (exact) mass is 404 g/mol. The molecular weight excluding hydrogens is 380 g/mol. The summed E-state index contributed by atoms with van der Waals surface area (Å²) in [6.45, 7) is 3.79. The third-order valence-electron chi connectivity index (χ3n) is 4.51. The van der Waals surface area contributed by atoms with Crippen molar-refractivity contribution in [2.75, 3.05) is 26.2 Å². The third kappa shape index (κ3) is 6.07. The van der Waals surface area contributed by atoms with Crippen LogP contribution in [0.1, 0.15) is 31.2 Å². The average molecular weight is 404 g/mol. The van der Waals surface area contributed by atoms with Gasteiger partial charge in [0, 0.05) is 12.1 Å². The van der Waals surface area contributed by atoms with Crippen LogP contribution in [0.15, 0.2) is 34.5 Å². The van der Waals surface area contributed by atoms with Crippen LogP contribution in [0, 0.1) is 0 Å². The molecule has 0 saturated carbocycles. The number of aliphatic carboxylic acids is 1. The van der Waals surface area contributed by atoms with Crippen molar-refractivity contribution >= 4 is 35.0 Å². The van der Waals surface area contributed by atoms with Gasteiger partial charge in [-0.15, -0.1) is 5.10 Å². The van der Waals surface area contributed by atoms with Gasteiger partial charge in [-0.25, -0.2) is 0 Å². The fourth-order valence-corrected chi connectivity index (χ4v) is 3.99. The number of rotatable bonds is 8. The van der Waals surface area contributed by atoms with Gasteiger partial charge in [0.2, 0.25) is 5.91 Å². The first-order chi connectivity index (χ1) is 13.6. The lowest BCUT2D eigenvalue weighted by Crippen LogP contribution is -2.33. The number of thioether (sulfide) groups is 1. The first-order valence-corrected chi connectivity index (χ1v) is 10.2. The lowest BCUT2D eigenvalue weighted by Gasteiger charge is -2.26. The predicted molar refractivity (Wildman–Crippen MR) is 109 cm³/mol. The largest absolute Gasteiger partial charge is 0.492 e. The Kier molecular flexibility index (Phi) is 7.44. The van der Waals surface area contributed by atoms with Crippen LogP contribution in [0.25, 0.3) is 0 Å². The SMILES string of the molecule is O=C(O)CC1SC(=NN=Cc2ccccc2OCCN2CCCCC2)NC1=O. The lowest BCUT2D eigenvalue weighted by molar-refractivity contribution is -0.138. The molecule has 1 aromatic rings. The Morgan fingerprint density at radius 2 is 2.11 bits per heavy atom. The molecule has 9 heteroatoms. The Hall–Kier alpha value is -2.39. The lowest BCUT2D eigenvalue weighted by atomic mass is 10.1. The molecule has 0 bridgehead atoms. The topological polar surface area (TPSA) is 104 Å². The minimum Gasteiger partial charge on any atom is -0.492 e. The fraction of sp³-hybridized carbons (Fsp3) is 0.474. The van der Waals surface area contributed by atoms with Crippen LogP contribution >= 0.6 is 11.8 Å². The Bertz CT molecular complexity index is 762. The highest BCUT2D eigenvalue weighted by molar-refractivity contribution is 8.15. The maximum absolute atomic E-state index is 11.7. The van der Waals surface area contributed by atoms with E-state index in [1.54, 1.807) is 6.21 Å². The molecule has 150 valence electrons. The van der Waals surface area contributed by atoms with Crippen molar-refractivity contribution in [1.29, 1.82) is 0 Å². The maximum atomic E-state index is 11.7. The summed E-state index contributed by atoms with van der Waals surface area (Å²) >= 11 is 1.07. The molecule has 0 spiro atoms. The van der Waals surface area contributed by atoms with Crippen molar-refractivity contribution in [1.82, 2.24) is 10.2 Å². The number of carboxylic acid groups (broad SMARTS) is 1. The first-order valence-electron chi connectivity index (χ1n) is 9.36. The van der Waals surface area contributed by atoms with Gasteiger partial charge in [-0.2, -0.15) is 5.10 Å². The van der Waals surface area contributed by atoms with Crippen molar-refractivity contribution in [3.05, 3.63) is 29.8 Å². The zero-order valence-electron chi connectivity index (χ0n) is 15.5. The van der Waals surface area contributed by atoms with Gasteiger partial charge in [0.25, 0.3) is 0 Å². The number of carboxylic acids is 1. The van der Waals surface area contributed by atoms with Crippen molar-refractivity contribution in [2.45, 2.75) is 30.9 Å². The number of nitrogens with one attached hydrogen (secondary N) is 1. The molecule has 1 amide bonds. The van der Waals surface area contributed by atoms with E-state index in [1.165, 1.54) is 19.3 Å². The Balaban J connectivity index is 1.54. The molecule has 2 heterocycles. The van der Waals surface area contributed by atoms with E-state index in [1.807, 2.05) is 24.3 Å². The number of piperidine rings is 1. The van der Waals surface area contributed by atoms with Crippen molar-refractivity contribution < 1.29 is 19.4 Å². The fourth-order valence-electron chi connectivity index (χ4n) is 3.07. The average Bonchev–Trinajstić information content (AvgIpc) is 3.02. The minimum absolute atomic E-state index is 0.243. The Morgan fingerprint density at radius 3 is 2.89 bits per heavy atom. The van der Waals surface area contributed by atoms with Gasteiger partial charge in [0.15, 0.2) is 5.17 Å². The quantitative estimate of drug-likeness (QED) is 0.507. The molecule has 2 N–H and O–H groups in total. The number of hydrogen-bond acceptors (Lipinski definition) is 7. The molecule has 2 aliphatic heterocycles. The highest BCUT2D eigenvalue weighted by atomic mass is 32.2. The molecule has 1 atom stereocenters. The summed E-state index contributed by atoms with van der Waals surface area (Å²) < 4.78 is 5.92. The smallest absolute Gasteiger partial charge is 0.305 e. The summed E-state index contributed by atoms with van der Waals surface area (Å²) in [6.07, 6.45) is 5.15. The number of para-hydroxylation sites is 1. The molecule has 28 heavy (non-hydrogen) atoms. The molecular formula is C19H24N4O4S. The van der Waals surface area contributed by atoms with Gasteiger partial charge in [-0.3, -0.25) is 14.5 Å². The van der Waals surface area contributed by atoms with Crippen molar-refractivity contribution in [3.63, 3.8) is 0 Å². The van der Waals surface area contributed by atoms with E-state index in [9.17, 15) is 9.59 Å². The molecule has 0 aromatic heterocycles. The molecule has 3 rings (SSSR count). The van der Waals surface area contributed by atoms with E-state index >= 15 is 0 Å². The van der Waals surface area contributed by atoms with E-state index in [0.29, 0.717) is 11.8 Å². The number of carbonyl (C=O) groups excluding carboxylic acids is 1. The van der Waals surface area contributed by atoms with Crippen LogP contribution in [0.3, 0.4) is 0 Å². The van der Waals surface area contributed by atoms with E-state index in [2.05, 4.69) is 20.4 Å². The zero-order chi connectivity index (χ0) is 19.8. The molecule has 0 aliphatic carbocycles. The van der Waals surface area contributed by atoms with E-state index in [-0.39, 0.29) is 12.3 Å². The van der Waals surface area contributed by atoms with E-state index in [0.717, 1.165) is 42.7 Å². The number of likely N-dealkylation sites (tertiary alicyclic amines) is 1. The van der Waals surface area contributed by atoms with E-state index < -0.39 is 11.2 Å². The highest BCUT2D eigenvalue weighted by Gasteiger charge is 2.32. The first kappa shape index (κ1) is 20.3. The third-order valence-corrected chi connectivity index (χ3v) is 5.59. The Labute approximate surface area is 168 Å². The maximum Gasteiger partial charge on any atom is 0.305 e. The van der Waals surface area contributed by atoms with E-state index in [4.69, 9.17) is 9.84 Å². The van der Waals surface area contributed by atoms with Crippen LogP contribution in [0.2, 0.25) is 0 Å². The van der Waals surface area contributed by atoms with Crippen molar-refractivity contribution in [2.24, 2.45) is 10.2 Å². The number of ether oxygens (including phenoxy) is 1. The molecule has 2 saturated heterocycles. The second-order valence-corrected chi connectivity index (χ2v) is 7.82. The molecule has 0 radical (unpaired) electrons. The molecule has 1 aromatic carbocycles. The summed E-state index contributed by atoms with van der Waals surface area (Å²) in [4.78, 5) is 24.9. The van der Waals surface area contributed by atoms with Crippen molar-refractivity contribution in [3.8, 4) is 5.75 Å². The van der Waals surface area contributed by atoms with Crippen LogP contribution in [-0.4, -0.2) is 64.8 Å². The summed E-state index contributed by atoms with van der Waals surface area (Å²) in [5, 5.41) is 19.0. The normalized spacial score (nSPS) is 21.9. The molecule has 2 aliphatic rings. The van der Waals surface area contributed by atoms with Gasteiger partial charge >= 0.3 is 5.97 Å². The summed E-state index contributed by atoms with van der Waals surface area (Å²) in [5.41, 5.74) is 0.793. The highest BCUT2D eigenvalue weighted by Crippen LogP contribution is 2.22. The van der Waals surface area contributed by atoms with Gasteiger partial charge in [-0.1, -0.05) is 30.3 Å². The summed E-state index contributed by atoms with van der Waals surface area (Å²) in [6, 6.07) is 7.57. The summed E-state index contributed by atoms with van der Waals surface area (Å²) in [5.74, 6) is -0.647. The minimum atomic E-state index is -1.02. The number of amides is 1. The van der Waals surface area contributed by atoms with Gasteiger partial charge in [-0.05, 0) is 38.1 Å². The predicted octanol–water partition coefficient (Wildman–Crippen LogP) is 1.95. The van der Waals surface area contributed by atoms with Crippen LogP contribution < -0.4 is 10.1 Å². The van der Waals surface area contributed by atoms with Crippen LogP contribution in [-0.2, 0) is 9.59 Å². The van der Waals surface area contributed by atoms with Crippen LogP contribution in [0.4, 0.5) is 0 Å². The zero-order valence-corrected chi connectivity index (χ0v) is 16.4. The number of amidine groups is 1. The number of hydrogen-bond donors (Lipinski definition) is 2. The number of nitrogens with zero attached hydrogens (tertiary/aromatic N) is 3. The molecule has 2 fully saturated rings. The second kappa shape index (κ2) is 10.2. The van der Waals surface area contributed by atoms with Gasteiger partial charge in [0.1, 0.15) is 17.6 Å². The standard InChI is InChI=1S/C19H24N4O4S/c24-17(25)12-16-18(26)21-19(28-16)22-20-13-14-6-2-3-7-15(14)27-11-10-23-8-4-1-5-9-23/h2-3,6-7,13,16H,1,4-5,8-12H2,(H,24,25)(H,21,22,26). The second-order valence-electron chi connectivity index (χ2n) is 6.63. The Morgan fingerprint density at radius 1 is 1.32 bits per heavy atom. The van der Waals surface area contributed by atoms with Crippen LogP contribution in [0.5, 0.6) is 5.75 Å².